The van der Waals surface area contributed by atoms with Crippen molar-refractivity contribution in [2.75, 3.05) is 5.75 Å². The molecule has 0 saturated heterocycles. The van der Waals surface area contributed by atoms with Crippen LogP contribution in [0, 0.1) is 0 Å². The van der Waals surface area contributed by atoms with Crippen molar-refractivity contribution in [2.45, 2.75) is 57.5 Å². The van der Waals surface area contributed by atoms with E-state index in [1.165, 1.54) is 29.0 Å². The molecule has 0 aliphatic rings. The predicted octanol–water partition coefficient (Wildman–Crippen LogP) is 6.21. The molecule has 0 heterocycles. The van der Waals surface area contributed by atoms with Crippen molar-refractivity contribution in [1.29, 1.82) is 0 Å². The number of benzene rings is 1. The van der Waals surface area contributed by atoms with Gasteiger partial charge in [0.2, 0.25) is 0 Å². The molecule has 0 radical (unpaired) electrons. The zero-order valence-electron chi connectivity index (χ0n) is 14.9. The summed E-state index contributed by atoms with van der Waals surface area (Å²) in [6.07, 6.45) is 1.31. The second-order valence-electron chi connectivity index (χ2n) is 8.00. The van der Waals surface area contributed by atoms with E-state index in [4.69, 9.17) is 12.2 Å². The highest BCUT2D eigenvalue weighted by Gasteiger charge is 2.15. The lowest BCUT2D eigenvalue weighted by Crippen LogP contribution is -2.37. The molecule has 5 heteroatoms. The fourth-order valence-corrected chi connectivity index (χ4v) is 6.82. The van der Waals surface area contributed by atoms with Crippen LogP contribution in [0.3, 0.4) is 0 Å². The van der Waals surface area contributed by atoms with E-state index in [0.717, 1.165) is 9.28 Å². The number of thioether (sulfide) groups is 2. The largest absolute Gasteiger partial charge is 0.108 e. The van der Waals surface area contributed by atoms with Crippen molar-refractivity contribution in [3.8, 4) is 0 Å². The molecule has 0 amide bonds. The maximum Gasteiger partial charge on any atom is 0.104 e. The van der Waals surface area contributed by atoms with Crippen LogP contribution < -0.4 is 5.19 Å². The van der Waals surface area contributed by atoms with Crippen LogP contribution in [0.2, 0.25) is 45.3 Å². The molecule has 22 heavy (non-hydrogen) atoms. The van der Waals surface area contributed by atoms with Crippen molar-refractivity contribution >= 4 is 60.6 Å². The smallest absolute Gasteiger partial charge is 0.104 e. The SMILES string of the molecule is C[Si](C)(C)CCCSC(=S)SCc1ccc([Si](C)(C)C)cc1. The Morgan fingerprint density at radius 3 is 2.05 bits per heavy atom. The lowest BCUT2D eigenvalue weighted by Gasteiger charge is -2.16. The molecule has 0 aliphatic heterocycles. The fraction of sp³-hybridized carbons (Fsp3) is 0.588. The van der Waals surface area contributed by atoms with Gasteiger partial charge in [0.05, 0.1) is 8.07 Å². The van der Waals surface area contributed by atoms with E-state index >= 15 is 0 Å². The van der Waals surface area contributed by atoms with Crippen molar-refractivity contribution in [2.24, 2.45) is 0 Å². The van der Waals surface area contributed by atoms with Gasteiger partial charge in [-0.05, 0) is 17.7 Å². The van der Waals surface area contributed by atoms with Crippen LogP contribution >= 0.6 is 35.7 Å². The third-order valence-corrected chi connectivity index (χ3v) is 10.2. The van der Waals surface area contributed by atoms with Crippen molar-refractivity contribution in [3.63, 3.8) is 0 Å². The van der Waals surface area contributed by atoms with E-state index in [0.29, 0.717) is 0 Å². The van der Waals surface area contributed by atoms with Gasteiger partial charge in [0, 0.05) is 13.8 Å². The summed E-state index contributed by atoms with van der Waals surface area (Å²) >= 11 is 9.17. The van der Waals surface area contributed by atoms with Gasteiger partial charge in [-0.1, -0.05) is 87.0 Å². The normalized spacial score (nSPS) is 12.5. The second-order valence-corrected chi connectivity index (χ2v) is 22.0. The third-order valence-electron chi connectivity index (χ3n) is 3.47. The maximum atomic E-state index is 5.49. The Bertz CT molecular complexity index is 470. The van der Waals surface area contributed by atoms with Crippen LogP contribution in [0.4, 0.5) is 0 Å². The first-order valence-electron chi connectivity index (χ1n) is 7.97. The number of rotatable bonds is 7. The molecule has 1 aromatic rings. The van der Waals surface area contributed by atoms with E-state index in [1.54, 1.807) is 0 Å². The summed E-state index contributed by atoms with van der Waals surface area (Å²) < 4.78 is 1.10. The van der Waals surface area contributed by atoms with Crippen LogP contribution in [0.25, 0.3) is 0 Å². The highest BCUT2D eigenvalue weighted by atomic mass is 32.2. The summed E-state index contributed by atoms with van der Waals surface area (Å²) in [6.45, 7) is 14.5. The van der Waals surface area contributed by atoms with E-state index in [-0.39, 0.29) is 0 Å². The summed E-state index contributed by atoms with van der Waals surface area (Å²) in [7, 11) is -2.05. The molecule has 0 bridgehead atoms. The summed E-state index contributed by atoms with van der Waals surface area (Å²) in [5.41, 5.74) is 1.39. The highest BCUT2D eigenvalue weighted by Crippen LogP contribution is 2.23. The Morgan fingerprint density at radius 2 is 1.55 bits per heavy atom. The molecule has 0 unspecified atom stereocenters. The minimum atomic E-state index is -1.17. The average Bonchev–Trinajstić information content (AvgIpc) is 2.40. The van der Waals surface area contributed by atoms with Gasteiger partial charge in [0.15, 0.2) is 0 Å². The number of hydrogen-bond acceptors (Lipinski definition) is 3. The highest BCUT2D eigenvalue weighted by molar-refractivity contribution is 8.46. The van der Waals surface area contributed by atoms with Gasteiger partial charge in [-0.2, -0.15) is 0 Å². The Kier molecular flexibility index (Phi) is 8.44. The molecule has 0 atom stereocenters. The summed E-state index contributed by atoms with van der Waals surface area (Å²) in [5, 5.41) is 1.53. The molecule has 124 valence electrons. The zero-order valence-corrected chi connectivity index (χ0v) is 19.3. The predicted molar refractivity (Wildman–Crippen MR) is 119 cm³/mol. The maximum absolute atomic E-state index is 5.49. The lowest BCUT2D eigenvalue weighted by atomic mass is 10.2. The molecule has 0 nitrogen and oxygen atoms in total. The number of thiocarbonyl (C=S) groups is 1. The Morgan fingerprint density at radius 1 is 0.955 bits per heavy atom. The van der Waals surface area contributed by atoms with E-state index in [1.807, 2.05) is 23.5 Å². The van der Waals surface area contributed by atoms with Gasteiger partial charge in [0.1, 0.15) is 3.53 Å². The number of hydrogen-bond donors (Lipinski definition) is 0. The third kappa shape index (κ3) is 8.92. The van der Waals surface area contributed by atoms with E-state index < -0.39 is 16.1 Å². The lowest BCUT2D eigenvalue weighted by molar-refractivity contribution is 1.07. The van der Waals surface area contributed by atoms with Gasteiger partial charge < -0.3 is 0 Å². The van der Waals surface area contributed by atoms with Crippen molar-refractivity contribution in [1.82, 2.24) is 0 Å². The molecular formula is C17H30S3Si2. The molecular weight excluding hydrogens is 357 g/mol. The quantitative estimate of drug-likeness (QED) is 0.310. The minimum Gasteiger partial charge on any atom is -0.108 e. The molecule has 0 N–H and O–H groups in total. The van der Waals surface area contributed by atoms with Gasteiger partial charge in [-0.3, -0.25) is 0 Å². The summed E-state index contributed by atoms with van der Waals surface area (Å²) in [4.78, 5) is 0. The molecule has 1 aromatic carbocycles. The fourth-order valence-electron chi connectivity index (χ4n) is 2.04. The van der Waals surface area contributed by atoms with Gasteiger partial charge in [-0.15, -0.1) is 23.5 Å². The molecule has 0 aliphatic carbocycles. The van der Waals surface area contributed by atoms with Crippen LogP contribution in [0.15, 0.2) is 24.3 Å². The topological polar surface area (TPSA) is 0 Å². The van der Waals surface area contributed by atoms with Crippen LogP contribution in [-0.4, -0.2) is 25.4 Å². The Balaban J connectivity index is 2.29. The van der Waals surface area contributed by atoms with Gasteiger partial charge in [-0.25, -0.2) is 0 Å². The second kappa shape index (κ2) is 9.06. The first kappa shape index (κ1) is 20.5. The summed E-state index contributed by atoms with van der Waals surface area (Å²) in [5.74, 6) is 2.19. The first-order valence-corrected chi connectivity index (χ1v) is 17.6. The van der Waals surface area contributed by atoms with Crippen molar-refractivity contribution < 1.29 is 0 Å². The monoisotopic (exact) mass is 386 g/mol. The molecule has 0 aromatic heterocycles. The summed E-state index contributed by atoms with van der Waals surface area (Å²) in [6, 6.07) is 10.6. The standard InChI is InChI=1S/C17H30S3Si2/c1-21(2,3)13-7-12-19-17(18)20-14-15-8-10-16(11-9-15)22(4,5)6/h8-11H,7,12-14H2,1-6H3. The molecule has 1 rings (SSSR count). The van der Waals surface area contributed by atoms with E-state index in [9.17, 15) is 0 Å². The zero-order chi connectivity index (χ0) is 16.8. The van der Waals surface area contributed by atoms with E-state index in [2.05, 4.69) is 63.5 Å². The first-order chi connectivity index (χ1) is 10.1. The van der Waals surface area contributed by atoms with Crippen LogP contribution in [0.5, 0.6) is 0 Å². The molecule has 0 fully saturated rings. The van der Waals surface area contributed by atoms with Gasteiger partial charge >= 0.3 is 0 Å². The van der Waals surface area contributed by atoms with Gasteiger partial charge in [0.25, 0.3) is 0 Å². The Hall–Kier alpha value is 0.444. The van der Waals surface area contributed by atoms with Crippen LogP contribution in [0.1, 0.15) is 12.0 Å². The van der Waals surface area contributed by atoms with Crippen molar-refractivity contribution in [3.05, 3.63) is 29.8 Å². The molecule has 0 spiro atoms. The average molecular weight is 387 g/mol. The molecule has 0 saturated carbocycles. The van der Waals surface area contributed by atoms with Crippen LogP contribution in [-0.2, 0) is 5.75 Å². The Labute approximate surface area is 153 Å². The minimum absolute atomic E-state index is 0.881.